The largest absolute Gasteiger partial charge is 0.340 e. The molecule has 0 aromatic heterocycles. The van der Waals surface area contributed by atoms with Crippen LogP contribution in [0.15, 0.2) is 0 Å². The zero-order chi connectivity index (χ0) is 10.9. The van der Waals surface area contributed by atoms with Gasteiger partial charge in [0.1, 0.15) is 0 Å². The molecule has 2 rings (SSSR count). The summed E-state index contributed by atoms with van der Waals surface area (Å²) in [4.78, 5) is 14.3. The van der Waals surface area contributed by atoms with Gasteiger partial charge in [-0.05, 0) is 38.4 Å². The number of piperidine rings is 1. The average molecular weight is 248 g/mol. The van der Waals surface area contributed by atoms with Crippen molar-refractivity contribution in [3.63, 3.8) is 0 Å². The maximum Gasteiger partial charge on any atom is 0.238 e. The third-order valence-electron chi connectivity index (χ3n) is 3.32. The third kappa shape index (κ3) is 2.44. The van der Waals surface area contributed by atoms with Gasteiger partial charge >= 0.3 is 0 Å². The predicted octanol–water partition coefficient (Wildman–Crippen LogP) is 2.50. The number of likely N-dealkylation sites (tertiary alicyclic amines) is 1. The Labute approximate surface area is 101 Å². The van der Waals surface area contributed by atoms with Gasteiger partial charge in [0, 0.05) is 13.1 Å². The van der Waals surface area contributed by atoms with Gasteiger partial charge in [0.15, 0.2) is 0 Å². The first-order chi connectivity index (χ1) is 7.12. The lowest BCUT2D eigenvalue weighted by atomic mass is 10.0. The van der Waals surface area contributed by atoms with Crippen LogP contribution in [0.4, 0.5) is 0 Å². The lowest BCUT2D eigenvalue weighted by Gasteiger charge is -2.35. The van der Waals surface area contributed by atoms with Crippen LogP contribution in [0, 0.1) is 0 Å². The Kier molecular flexibility index (Phi) is 3.51. The van der Waals surface area contributed by atoms with Gasteiger partial charge in [0.05, 0.1) is 10.1 Å². The van der Waals surface area contributed by atoms with Gasteiger partial charge in [-0.3, -0.25) is 4.79 Å². The number of carbonyl (C=O) groups excluding carboxylic acids is 1. The van der Waals surface area contributed by atoms with E-state index in [2.05, 4.69) is 6.92 Å². The minimum atomic E-state index is -0.159. The molecule has 15 heavy (non-hydrogen) atoms. The van der Waals surface area contributed by atoms with Crippen molar-refractivity contribution >= 4 is 29.3 Å². The van der Waals surface area contributed by atoms with E-state index < -0.39 is 0 Å². The number of hydrogen-bond acceptors (Lipinski definition) is 2. The highest BCUT2D eigenvalue weighted by Gasteiger charge is 2.40. The van der Waals surface area contributed by atoms with Crippen LogP contribution in [0.25, 0.3) is 0 Å². The van der Waals surface area contributed by atoms with Crippen molar-refractivity contribution in [2.24, 2.45) is 0 Å². The molecule has 0 bridgehead atoms. The summed E-state index contributed by atoms with van der Waals surface area (Å²) < 4.78 is -0.159. The second kappa shape index (κ2) is 4.54. The average Bonchev–Trinajstić information content (AvgIpc) is 2.65. The van der Waals surface area contributed by atoms with E-state index in [4.69, 9.17) is 11.6 Å². The highest BCUT2D eigenvalue weighted by molar-refractivity contribution is 8.01. The Morgan fingerprint density at radius 2 is 2.33 bits per heavy atom. The topological polar surface area (TPSA) is 20.3 Å². The SMILES string of the molecule is CC1(C(=O)N2CCCC(Cl)C2)CCCS1. The first-order valence-corrected chi connectivity index (χ1v) is 7.11. The molecule has 86 valence electrons. The van der Waals surface area contributed by atoms with Crippen LogP contribution in [0.3, 0.4) is 0 Å². The Morgan fingerprint density at radius 3 is 2.93 bits per heavy atom. The molecule has 4 heteroatoms. The van der Waals surface area contributed by atoms with Crippen molar-refractivity contribution in [1.29, 1.82) is 0 Å². The molecule has 2 aliphatic rings. The number of nitrogens with zero attached hydrogens (tertiary/aromatic N) is 1. The van der Waals surface area contributed by atoms with E-state index in [1.165, 1.54) is 6.42 Å². The predicted molar refractivity (Wildman–Crippen MR) is 65.6 cm³/mol. The fourth-order valence-electron chi connectivity index (χ4n) is 2.39. The summed E-state index contributed by atoms with van der Waals surface area (Å²) in [7, 11) is 0. The van der Waals surface area contributed by atoms with Crippen LogP contribution in [0.2, 0.25) is 0 Å². The molecule has 2 fully saturated rings. The Bertz CT molecular complexity index is 253. The summed E-state index contributed by atoms with van der Waals surface area (Å²) >= 11 is 7.92. The van der Waals surface area contributed by atoms with Gasteiger partial charge in [0.25, 0.3) is 0 Å². The smallest absolute Gasteiger partial charge is 0.238 e. The molecule has 0 spiro atoms. The maximum absolute atomic E-state index is 12.3. The van der Waals surface area contributed by atoms with Crippen LogP contribution in [0.1, 0.15) is 32.6 Å². The van der Waals surface area contributed by atoms with Crippen LogP contribution in [0.5, 0.6) is 0 Å². The number of hydrogen-bond donors (Lipinski definition) is 0. The van der Waals surface area contributed by atoms with Crippen LogP contribution in [-0.2, 0) is 4.79 Å². The molecule has 2 atom stereocenters. The summed E-state index contributed by atoms with van der Waals surface area (Å²) in [6.07, 6.45) is 4.31. The van der Waals surface area contributed by atoms with Crippen LogP contribution in [-0.4, -0.2) is 39.8 Å². The van der Waals surface area contributed by atoms with E-state index in [9.17, 15) is 4.79 Å². The van der Waals surface area contributed by atoms with Crippen molar-refractivity contribution < 1.29 is 4.79 Å². The number of carbonyl (C=O) groups is 1. The van der Waals surface area contributed by atoms with Crippen molar-refractivity contribution in [2.75, 3.05) is 18.8 Å². The molecule has 0 aromatic rings. The monoisotopic (exact) mass is 247 g/mol. The number of rotatable bonds is 1. The van der Waals surface area contributed by atoms with Crippen molar-refractivity contribution in [2.45, 2.75) is 42.7 Å². The molecule has 1 amide bonds. The molecule has 0 saturated carbocycles. The van der Waals surface area contributed by atoms with Crippen LogP contribution >= 0.6 is 23.4 Å². The molecule has 0 aliphatic carbocycles. The van der Waals surface area contributed by atoms with Crippen molar-refractivity contribution in [1.82, 2.24) is 4.90 Å². The molecular weight excluding hydrogens is 230 g/mol. The molecule has 2 aliphatic heterocycles. The summed E-state index contributed by atoms with van der Waals surface area (Å²) in [5, 5.41) is 0.165. The third-order valence-corrected chi connectivity index (χ3v) is 5.19. The molecule has 2 nitrogen and oxygen atoms in total. The fourth-order valence-corrected chi connectivity index (χ4v) is 3.99. The molecular formula is C11H18ClNOS. The standard InChI is InChI=1S/C11H18ClNOS/c1-11(5-3-7-15-11)10(14)13-6-2-4-9(12)8-13/h9H,2-8H2,1H3. The summed E-state index contributed by atoms with van der Waals surface area (Å²) in [6.45, 7) is 3.74. The fraction of sp³-hybridized carbons (Fsp3) is 0.909. The number of alkyl halides is 1. The molecule has 0 radical (unpaired) electrons. The zero-order valence-corrected chi connectivity index (χ0v) is 10.7. The molecule has 2 unspecified atom stereocenters. The van der Waals surface area contributed by atoms with Gasteiger partial charge in [-0.15, -0.1) is 23.4 Å². The summed E-state index contributed by atoms with van der Waals surface area (Å²) in [5.41, 5.74) is 0. The van der Waals surface area contributed by atoms with E-state index in [0.717, 1.165) is 38.1 Å². The number of halogens is 1. The van der Waals surface area contributed by atoms with Crippen molar-refractivity contribution in [3.05, 3.63) is 0 Å². The van der Waals surface area contributed by atoms with E-state index in [0.29, 0.717) is 5.91 Å². The lowest BCUT2D eigenvalue weighted by molar-refractivity contribution is -0.134. The van der Waals surface area contributed by atoms with Gasteiger partial charge in [-0.25, -0.2) is 0 Å². The summed E-state index contributed by atoms with van der Waals surface area (Å²) in [5.74, 6) is 1.44. The number of thioether (sulfide) groups is 1. The maximum atomic E-state index is 12.3. The van der Waals surface area contributed by atoms with Crippen molar-refractivity contribution in [3.8, 4) is 0 Å². The van der Waals surface area contributed by atoms with Gasteiger partial charge in [-0.1, -0.05) is 0 Å². The second-order valence-corrected chi connectivity index (χ2v) is 6.89. The summed E-state index contributed by atoms with van der Waals surface area (Å²) in [6, 6.07) is 0. The van der Waals surface area contributed by atoms with E-state index in [-0.39, 0.29) is 10.1 Å². The Balaban J connectivity index is 2.00. The zero-order valence-electron chi connectivity index (χ0n) is 9.17. The van der Waals surface area contributed by atoms with E-state index in [1.54, 1.807) is 0 Å². The highest BCUT2D eigenvalue weighted by Crippen LogP contribution is 2.39. The Hall–Kier alpha value is 0.110. The molecule has 2 heterocycles. The molecule has 0 N–H and O–H groups in total. The van der Waals surface area contributed by atoms with E-state index >= 15 is 0 Å². The van der Waals surface area contributed by atoms with Crippen LogP contribution < -0.4 is 0 Å². The molecule has 0 aromatic carbocycles. The first-order valence-electron chi connectivity index (χ1n) is 5.69. The lowest BCUT2D eigenvalue weighted by Crippen LogP contribution is -2.48. The first kappa shape index (κ1) is 11.6. The van der Waals surface area contributed by atoms with Gasteiger partial charge in [-0.2, -0.15) is 0 Å². The molecule has 2 saturated heterocycles. The number of amides is 1. The van der Waals surface area contributed by atoms with Gasteiger partial charge in [0.2, 0.25) is 5.91 Å². The van der Waals surface area contributed by atoms with Gasteiger partial charge < -0.3 is 4.90 Å². The highest BCUT2D eigenvalue weighted by atomic mass is 35.5. The normalized spacial score (nSPS) is 36.9. The minimum Gasteiger partial charge on any atom is -0.340 e. The second-order valence-electron chi connectivity index (χ2n) is 4.67. The quantitative estimate of drug-likeness (QED) is 0.664. The minimum absolute atomic E-state index is 0.159. The van der Waals surface area contributed by atoms with E-state index in [1.807, 2.05) is 16.7 Å². The Morgan fingerprint density at radius 1 is 1.53 bits per heavy atom.